The molecule has 0 saturated carbocycles. The van der Waals surface area contributed by atoms with Gasteiger partial charge in [-0.2, -0.15) is 4.57 Å². The maximum Gasteiger partial charge on any atom is 0.175 e. The third-order valence-corrected chi connectivity index (χ3v) is 2.30. The molecule has 0 saturated heterocycles. The van der Waals surface area contributed by atoms with Gasteiger partial charge in [-0.3, -0.25) is 0 Å². The third-order valence-electron chi connectivity index (χ3n) is 2.05. The van der Waals surface area contributed by atoms with Crippen molar-refractivity contribution in [2.45, 2.75) is 0 Å². The van der Waals surface area contributed by atoms with Crippen LogP contribution in [0.3, 0.4) is 0 Å². The predicted octanol–water partition coefficient (Wildman–Crippen LogP) is 0.259. The molecule has 0 spiro atoms. The lowest BCUT2D eigenvalue weighted by atomic mass is 10.2. The van der Waals surface area contributed by atoms with Gasteiger partial charge in [0, 0.05) is 23.2 Å². The normalized spacial score (nSPS) is 10.1. The van der Waals surface area contributed by atoms with E-state index < -0.39 is 0 Å². The van der Waals surface area contributed by atoms with Gasteiger partial charge in [0.15, 0.2) is 18.6 Å². The van der Waals surface area contributed by atoms with Crippen molar-refractivity contribution in [2.24, 2.45) is 0 Å². The van der Waals surface area contributed by atoms with E-state index in [1.54, 1.807) is 0 Å². The largest absolute Gasteiger partial charge is 1.00 e. The summed E-state index contributed by atoms with van der Waals surface area (Å²) in [4.78, 5) is 0. The molecule has 0 atom stereocenters. The summed E-state index contributed by atoms with van der Waals surface area (Å²) in [6.07, 6.45) is 8.03. The summed E-state index contributed by atoms with van der Waals surface area (Å²) in [5, 5.41) is 0.763. The first kappa shape index (κ1) is 12.9. The molecule has 1 heterocycles. The van der Waals surface area contributed by atoms with Crippen LogP contribution in [0.1, 0.15) is 5.56 Å². The predicted molar refractivity (Wildman–Crippen MR) is 63.3 cm³/mol. The van der Waals surface area contributed by atoms with Crippen LogP contribution in [0.15, 0.2) is 54.9 Å². The number of halogens is 2. The highest BCUT2D eigenvalue weighted by Crippen LogP contribution is 2.10. The van der Waals surface area contributed by atoms with E-state index in [0.29, 0.717) is 0 Å². The molecule has 1 aromatic carbocycles. The van der Waals surface area contributed by atoms with Crippen LogP contribution in [0, 0.1) is 0 Å². The average molecular weight is 297 g/mol. The van der Waals surface area contributed by atoms with Gasteiger partial charge in [0.05, 0.1) is 0 Å². The van der Waals surface area contributed by atoms with Crippen molar-refractivity contribution in [3.8, 4) is 0 Å². The van der Waals surface area contributed by atoms with Crippen LogP contribution in [-0.4, -0.2) is 0 Å². The Morgan fingerprint density at radius 3 is 2.19 bits per heavy atom. The van der Waals surface area contributed by atoms with Gasteiger partial charge in [-0.1, -0.05) is 29.8 Å². The monoisotopic (exact) mass is 295 g/mol. The second-order valence-corrected chi connectivity index (χ2v) is 3.63. The molecule has 0 fully saturated rings. The number of benzene rings is 1. The molecule has 82 valence electrons. The van der Waals surface area contributed by atoms with Crippen LogP contribution in [0.4, 0.5) is 0 Å². The van der Waals surface area contributed by atoms with Crippen molar-refractivity contribution >= 4 is 23.9 Å². The minimum Gasteiger partial charge on any atom is -1.00 e. The second kappa shape index (κ2) is 6.46. The van der Waals surface area contributed by atoms with Crippen LogP contribution in [-0.2, 0) is 0 Å². The minimum atomic E-state index is 0. The van der Waals surface area contributed by atoms with Gasteiger partial charge in [0.1, 0.15) is 0 Å². The maximum atomic E-state index is 5.80. The zero-order chi connectivity index (χ0) is 10.5. The Morgan fingerprint density at radius 2 is 1.56 bits per heavy atom. The first-order chi connectivity index (χ1) is 7.34. The standard InChI is InChI=1S/C13H11ClN.BrH/c14-13-6-4-12(5-7-13)8-11-15-9-2-1-3-10-15;/h1-11H;1H/q+1;/p-1/b11-8+;. The van der Waals surface area contributed by atoms with Crippen molar-refractivity contribution < 1.29 is 21.5 Å². The Bertz CT molecular complexity index is 451. The molecule has 0 unspecified atom stereocenters. The molecular weight excluding hydrogens is 286 g/mol. The number of hydrogen-bond acceptors (Lipinski definition) is 0. The lowest BCUT2D eigenvalue weighted by Crippen LogP contribution is -3.00. The maximum absolute atomic E-state index is 5.80. The van der Waals surface area contributed by atoms with Crippen LogP contribution in [0.25, 0.3) is 12.3 Å². The van der Waals surface area contributed by atoms with E-state index in [4.69, 9.17) is 11.6 Å². The number of pyridine rings is 1. The van der Waals surface area contributed by atoms with Crippen molar-refractivity contribution in [1.82, 2.24) is 0 Å². The van der Waals surface area contributed by atoms with Crippen molar-refractivity contribution in [1.29, 1.82) is 0 Å². The Balaban J connectivity index is 0.00000128. The highest BCUT2D eigenvalue weighted by molar-refractivity contribution is 6.30. The molecule has 0 aliphatic rings. The third kappa shape index (κ3) is 3.80. The summed E-state index contributed by atoms with van der Waals surface area (Å²) in [6, 6.07) is 13.7. The van der Waals surface area contributed by atoms with Gasteiger partial charge in [-0.05, 0) is 17.7 Å². The summed E-state index contributed by atoms with van der Waals surface area (Å²) in [7, 11) is 0. The SMILES string of the molecule is Clc1ccc(/C=C/[n+]2ccccc2)cc1.[Br-]. The van der Waals surface area contributed by atoms with Gasteiger partial charge in [0.2, 0.25) is 0 Å². The van der Waals surface area contributed by atoms with Gasteiger partial charge in [-0.25, -0.2) is 0 Å². The Kier molecular flexibility index (Phi) is 5.23. The minimum absolute atomic E-state index is 0. The van der Waals surface area contributed by atoms with E-state index in [0.717, 1.165) is 10.6 Å². The molecule has 0 N–H and O–H groups in total. The Hall–Kier alpha value is -1.12. The van der Waals surface area contributed by atoms with E-state index in [-0.39, 0.29) is 17.0 Å². The molecule has 16 heavy (non-hydrogen) atoms. The number of hydrogen-bond donors (Lipinski definition) is 0. The molecule has 0 aliphatic heterocycles. The van der Waals surface area contributed by atoms with E-state index in [2.05, 4.69) is 0 Å². The number of aromatic nitrogens is 1. The first-order valence-electron chi connectivity index (χ1n) is 4.74. The number of rotatable bonds is 2. The smallest absolute Gasteiger partial charge is 0.175 e. The fourth-order valence-electron chi connectivity index (χ4n) is 1.26. The average Bonchev–Trinajstić information content (AvgIpc) is 2.30. The molecular formula is C13H11BrClN. The molecule has 1 aromatic heterocycles. The fraction of sp³-hybridized carbons (Fsp3) is 0. The molecule has 0 bridgehead atoms. The molecule has 1 nitrogen and oxygen atoms in total. The highest BCUT2D eigenvalue weighted by Gasteiger charge is 1.91. The quantitative estimate of drug-likeness (QED) is 0.700. The molecule has 2 rings (SSSR count). The fourth-order valence-corrected chi connectivity index (χ4v) is 1.38. The summed E-state index contributed by atoms with van der Waals surface area (Å²) in [5.41, 5.74) is 1.13. The Labute approximate surface area is 111 Å². The van der Waals surface area contributed by atoms with Gasteiger partial charge >= 0.3 is 0 Å². The molecule has 3 heteroatoms. The van der Waals surface area contributed by atoms with Crippen molar-refractivity contribution in [2.75, 3.05) is 0 Å². The lowest BCUT2D eigenvalue weighted by Gasteiger charge is -1.91. The highest BCUT2D eigenvalue weighted by atomic mass is 79.9. The lowest BCUT2D eigenvalue weighted by molar-refractivity contribution is -0.567. The van der Waals surface area contributed by atoms with Crippen molar-refractivity contribution in [3.63, 3.8) is 0 Å². The summed E-state index contributed by atoms with van der Waals surface area (Å²) in [6.45, 7) is 0. The van der Waals surface area contributed by atoms with Gasteiger partial charge < -0.3 is 17.0 Å². The zero-order valence-corrected chi connectivity index (χ0v) is 10.9. The summed E-state index contributed by atoms with van der Waals surface area (Å²) >= 11 is 5.80. The zero-order valence-electron chi connectivity index (χ0n) is 8.55. The number of nitrogens with zero attached hydrogens (tertiary/aromatic N) is 1. The van der Waals surface area contributed by atoms with Crippen LogP contribution >= 0.6 is 11.6 Å². The topological polar surface area (TPSA) is 3.88 Å². The first-order valence-corrected chi connectivity index (χ1v) is 5.12. The van der Waals surface area contributed by atoms with E-state index in [1.165, 1.54) is 0 Å². The van der Waals surface area contributed by atoms with Gasteiger partial charge in [0.25, 0.3) is 0 Å². The second-order valence-electron chi connectivity index (χ2n) is 3.19. The molecule has 0 aliphatic carbocycles. The summed E-state index contributed by atoms with van der Waals surface area (Å²) in [5.74, 6) is 0. The van der Waals surface area contributed by atoms with E-state index >= 15 is 0 Å². The summed E-state index contributed by atoms with van der Waals surface area (Å²) < 4.78 is 1.99. The van der Waals surface area contributed by atoms with Crippen LogP contribution < -0.4 is 21.5 Å². The van der Waals surface area contributed by atoms with E-state index in [1.807, 2.05) is 71.7 Å². The van der Waals surface area contributed by atoms with Crippen LogP contribution in [0.5, 0.6) is 0 Å². The van der Waals surface area contributed by atoms with Gasteiger partial charge in [-0.15, -0.1) is 0 Å². The Morgan fingerprint density at radius 1 is 0.938 bits per heavy atom. The van der Waals surface area contributed by atoms with E-state index in [9.17, 15) is 0 Å². The molecule has 0 amide bonds. The van der Waals surface area contributed by atoms with Crippen LogP contribution in [0.2, 0.25) is 5.02 Å². The molecule has 0 radical (unpaired) electrons. The molecule has 2 aromatic rings. The van der Waals surface area contributed by atoms with Crippen molar-refractivity contribution in [3.05, 3.63) is 65.4 Å².